The van der Waals surface area contributed by atoms with Crippen molar-refractivity contribution in [2.75, 3.05) is 39.2 Å². The number of hydrogen-bond acceptors (Lipinski definition) is 6. The molecule has 1 aromatic rings. The molecule has 0 unspecified atom stereocenters. The number of amides is 4. The fourth-order valence-electron chi connectivity index (χ4n) is 2.68. The number of imide groups is 1. The van der Waals surface area contributed by atoms with Gasteiger partial charge in [0.05, 0.1) is 25.9 Å². The summed E-state index contributed by atoms with van der Waals surface area (Å²) in [6, 6.07) is 4.45. The summed E-state index contributed by atoms with van der Waals surface area (Å²) in [7, 11) is 2.99. The number of hydrogen-bond donors (Lipinski definition) is 1. The van der Waals surface area contributed by atoms with Crippen molar-refractivity contribution >= 4 is 23.7 Å². The van der Waals surface area contributed by atoms with E-state index in [0.29, 0.717) is 17.2 Å². The zero-order valence-corrected chi connectivity index (χ0v) is 13.3. The first-order valence-corrected chi connectivity index (χ1v) is 7.31. The highest BCUT2D eigenvalue weighted by molar-refractivity contribution is 5.99. The van der Waals surface area contributed by atoms with Crippen molar-refractivity contribution in [1.29, 1.82) is 0 Å². The molecule has 0 radical (unpaired) electrons. The first-order valence-electron chi connectivity index (χ1n) is 7.31. The van der Waals surface area contributed by atoms with Crippen molar-refractivity contribution in [2.24, 2.45) is 0 Å². The van der Waals surface area contributed by atoms with Crippen LogP contribution in [0.5, 0.6) is 11.5 Å². The second kappa shape index (κ2) is 6.26. The van der Waals surface area contributed by atoms with Crippen LogP contribution in [0.25, 0.3) is 0 Å². The van der Waals surface area contributed by atoms with E-state index in [1.54, 1.807) is 18.2 Å². The van der Waals surface area contributed by atoms with Crippen molar-refractivity contribution < 1.29 is 28.6 Å². The number of nitrogens with one attached hydrogen (secondary N) is 1. The zero-order valence-electron chi connectivity index (χ0n) is 13.3. The molecule has 0 bridgehead atoms. The van der Waals surface area contributed by atoms with Gasteiger partial charge in [-0.15, -0.1) is 0 Å². The fraction of sp³-hybridized carbons (Fsp3) is 0.400. The molecular weight excluding hydrogens is 318 g/mol. The highest BCUT2D eigenvalue weighted by Crippen LogP contribution is 2.35. The maximum atomic E-state index is 12.3. The van der Waals surface area contributed by atoms with E-state index in [1.165, 1.54) is 19.1 Å². The number of nitrogens with zero attached hydrogens (tertiary/aromatic N) is 2. The lowest BCUT2D eigenvalue weighted by Gasteiger charge is -2.41. The molecular formula is C15H17N3O6. The Hall–Kier alpha value is -2.97. The van der Waals surface area contributed by atoms with Crippen LogP contribution < -0.4 is 14.8 Å². The van der Waals surface area contributed by atoms with E-state index in [0.717, 1.165) is 4.90 Å². The number of para-hydroxylation sites is 1. The minimum atomic E-state index is -0.653. The molecule has 128 valence electrons. The predicted octanol–water partition coefficient (Wildman–Crippen LogP) is 0.899. The summed E-state index contributed by atoms with van der Waals surface area (Å²) in [5.74, 6) is 0.547. The monoisotopic (exact) mass is 335 g/mol. The minimum absolute atomic E-state index is 0.234. The molecule has 1 aromatic carbocycles. The van der Waals surface area contributed by atoms with Crippen molar-refractivity contribution in [3.8, 4) is 11.5 Å². The molecule has 1 N–H and O–H groups in total. The predicted molar refractivity (Wildman–Crippen MR) is 82.1 cm³/mol. The molecule has 2 saturated heterocycles. The van der Waals surface area contributed by atoms with Gasteiger partial charge in [0.15, 0.2) is 18.1 Å². The number of ether oxygens (including phenoxy) is 3. The summed E-state index contributed by atoms with van der Waals surface area (Å²) in [6.07, 6.45) is -0.653. The lowest BCUT2D eigenvalue weighted by atomic mass is 10.1. The van der Waals surface area contributed by atoms with Gasteiger partial charge in [-0.3, -0.25) is 4.79 Å². The highest BCUT2D eigenvalue weighted by atomic mass is 16.6. The van der Waals surface area contributed by atoms with Gasteiger partial charge in [-0.05, 0) is 12.1 Å². The number of cyclic esters (lactones) is 1. The third-order valence-electron chi connectivity index (χ3n) is 3.94. The van der Waals surface area contributed by atoms with E-state index in [9.17, 15) is 14.4 Å². The summed E-state index contributed by atoms with van der Waals surface area (Å²) in [4.78, 5) is 37.9. The fourth-order valence-corrected chi connectivity index (χ4v) is 2.68. The van der Waals surface area contributed by atoms with Crippen molar-refractivity contribution in [3.63, 3.8) is 0 Å². The number of anilines is 1. The van der Waals surface area contributed by atoms with Crippen LogP contribution in [0.1, 0.15) is 0 Å². The first-order chi connectivity index (χ1) is 11.5. The number of benzene rings is 1. The Balaban J connectivity index is 1.62. The van der Waals surface area contributed by atoms with Crippen LogP contribution >= 0.6 is 0 Å². The highest BCUT2D eigenvalue weighted by Gasteiger charge is 2.44. The standard InChI is InChI=1S/C15H17N3O6/c1-22-11-5-3-4-10(13(11)23-2)16-14(20)17-6-9(7-17)18-12(19)8-24-15(18)21/h3-5,9H,6-8H2,1-2H3,(H,16,20). The Morgan fingerprint density at radius 3 is 2.58 bits per heavy atom. The Morgan fingerprint density at radius 2 is 2.00 bits per heavy atom. The molecule has 9 heteroatoms. The van der Waals surface area contributed by atoms with E-state index < -0.39 is 6.09 Å². The molecule has 0 aliphatic carbocycles. The number of likely N-dealkylation sites (tertiary alicyclic amines) is 1. The van der Waals surface area contributed by atoms with Gasteiger partial charge in [0, 0.05) is 13.1 Å². The summed E-state index contributed by atoms with van der Waals surface area (Å²) >= 11 is 0. The van der Waals surface area contributed by atoms with Crippen LogP contribution in [0.2, 0.25) is 0 Å². The molecule has 4 amide bonds. The Bertz CT molecular complexity index is 670. The summed E-state index contributed by atoms with van der Waals surface area (Å²) in [5, 5.41) is 2.73. The lowest BCUT2D eigenvalue weighted by Crippen LogP contribution is -2.63. The summed E-state index contributed by atoms with van der Waals surface area (Å²) in [6.45, 7) is 0.292. The van der Waals surface area contributed by atoms with Gasteiger partial charge in [0.2, 0.25) is 0 Å². The Labute approximate surface area is 138 Å². The Kier molecular flexibility index (Phi) is 4.15. The second-order valence-corrected chi connectivity index (χ2v) is 5.35. The SMILES string of the molecule is COc1cccc(NC(=O)N2CC(N3C(=O)COC3=O)C2)c1OC. The number of rotatable bonds is 4. The molecule has 3 rings (SSSR count). The molecule has 2 heterocycles. The van der Waals surface area contributed by atoms with E-state index in [1.807, 2.05) is 0 Å². The summed E-state index contributed by atoms with van der Waals surface area (Å²) < 4.78 is 15.1. The van der Waals surface area contributed by atoms with Gasteiger partial charge in [-0.1, -0.05) is 6.07 Å². The smallest absolute Gasteiger partial charge is 0.417 e. The van der Waals surface area contributed by atoms with Gasteiger partial charge in [-0.25, -0.2) is 14.5 Å². The third-order valence-corrected chi connectivity index (χ3v) is 3.94. The van der Waals surface area contributed by atoms with Crippen molar-refractivity contribution in [1.82, 2.24) is 9.80 Å². The number of carbonyl (C=O) groups excluding carboxylic acids is 3. The number of methoxy groups -OCH3 is 2. The van der Waals surface area contributed by atoms with E-state index in [4.69, 9.17) is 9.47 Å². The van der Waals surface area contributed by atoms with Gasteiger partial charge in [-0.2, -0.15) is 0 Å². The first kappa shape index (κ1) is 15.9. The molecule has 24 heavy (non-hydrogen) atoms. The molecule has 0 spiro atoms. The molecule has 0 aromatic heterocycles. The number of carbonyl (C=O) groups is 3. The quantitative estimate of drug-likeness (QED) is 0.878. The third kappa shape index (κ3) is 2.68. The van der Waals surface area contributed by atoms with Gasteiger partial charge < -0.3 is 24.4 Å². The van der Waals surface area contributed by atoms with Crippen LogP contribution in [-0.2, 0) is 9.53 Å². The normalized spacial score (nSPS) is 17.4. The molecule has 9 nitrogen and oxygen atoms in total. The summed E-state index contributed by atoms with van der Waals surface area (Å²) in [5.41, 5.74) is 0.474. The lowest BCUT2D eigenvalue weighted by molar-refractivity contribution is -0.129. The maximum absolute atomic E-state index is 12.3. The van der Waals surface area contributed by atoms with E-state index in [2.05, 4.69) is 10.1 Å². The molecule has 2 aliphatic heterocycles. The topological polar surface area (TPSA) is 97.4 Å². The van der Waals surface area contributed by atoms with Crippen LogP contribution in [0.4, 0.5) is 15.3 Å². The average molecular weight is 335 g/mol. The van der Waals surface area contributed by atoms with E-state index in [-0.39, 0.29) is 37.7 Å². The van der Waals surface area contributed by atoms with Crippen LogP contribution in [0, 0.1) is 0 Å². The van der Waals surface area contributed by atoms with Crippen molar-refractivity contribution in [3.05, 3.63) is 18.2 Å². The molecule has 0 atom stereocenters. The maximum Gasteiger partial charge on any atom is 0.417 e. The van der Waals surface area contributed by atoms with Crippen LogP contribution in [0.3, 0.4) is 0 Å². The van der Waals surface area contributed by atoms with Gasteiger partial charge in [0.25, 0.3) is 5.91 Å². The largest absolute Gasteiger partial charge is 0.493 e. The van der Waals surface area contributed by atoms with Crippen LogP contribution in [-0.4, -0.2) is 67.8 Å². The molecule has 2 fully saturated rings. The van der Waals surface area contributed by atoms with Gasteiger partial charge >= 0.3 is 12.1 Å². The zero-order chi connectivity index (χ0) is 17.3. The van der Waals surface area contributed by atoms with E-state index >= 15 is 0 Å². The average Bonchev–Trinajstić information content (AvgIpc) is 2.85. The van der Waals surface area contributed by atoms with Gasteiger partial charge in [0.1, 0.15) is 0 Å². The second-order valence-electron chi connectivity index (χ2n) is 5.35. The molecule has 2 aliphatic rings. The van der Waals surface area contributed by atoms with Crippen LogP contribution in [0.15, 0.2) is 18.2 Å². The minimum Gasteiger partial charge on any atom is -0.493 e. The Morgan fingerprint density at radius 1 is 1.25 bits per heavy atom. The number of urea groups is 1. The molecule has 0 saturated carbocycles. The van der Waals surface area contributed by atoms with Crippen molar-refractivity contribution in [2.45, 2.75) is 6.04 Å².